The lowest BCUT2D eigenvalue weighted by atomic mass is 10.6. The van der Waals surface area contributed by atoms with E-state index in [0.29, 0.717) is 5.95 Å². The molecule has 0 fully saturated rings. The first-order valence-electron chi connectivity index (χ1n) is 2.62. The van der Waals surface area contributed by atoms with Gasteiger partial charge in [0.1, 0.15) is 6.20 Å². The average molecular weight is 122 g/mol. The molecule has 0 aliphatic heterocycles. The number of aryl methyl sites for hydroxylation is 1. The molecule has 0 saturated carbocycles. The Morgan fingerprint density at radius 2 is 2.56 bits per heavy atom. The van der Waals surface area contributed by atoms with Crippen molar-refractivity contribution < 1.29 is 4.57 Å². The van der Waals surface area contributed by atoms with Crippen molar-refractivity contribution in [3.63, 3.8) is 0 Å². The third-order valence-electron chi connectivity index (χ3n) is 1.04. The average Bonchev–Trinajstić information content (AvgIpc) is 1.89. The largest absolute Gasteiger partial charge is 0.431 e. The minimum atomic E-state index is 0.637. The van der Waals surface area contributed by atoms with E-state index in [-0.39, 0.29) is 0 Å². The van der Waals surface area contributed by atoms with Crippen molar-refractivity contribution in [3.05, 3.63) is 18.5 Å². The number of aliphatic imine (C=N–C) groups is 1. The second kappa shape index (κ2) is 2.35. The molecule has 0 bridgehead atoms. The Morgan fingerprint density at radius 1 is 1.78 bits per heavy atom. The Kier molecular flexibility index (Phi) is 1.53. The minimum Gasteiger partial charge on any atom is -0.235 e. The molecule has 0 aromatic carbocycles. The van der Waals surface area contributed by atoms with Crippen LogP contribution in [0.15, 0.2) is 23.5 Å². The Balaban J connectivity index is 3.15. The summed E-state index contributed by atoms with van der Waals surface area (Å²) in [6.07, 6.45) is 3.56. The van der Waals surface area contributed by atoms with E-state index in [1.54, 1.807) is 10.8 Å². The molecule has 0 spiro atoms. The van der Waals surface area contributed by atoms with Crippen molar-refractivity contribution in [2.45, 2.75) is 0 Å². The molecule has 0 unspecified atom stereocenters. The zero-order valence-electron chi connectivity index (χ0n) is 5.28. The van der Waals surface area contributed by atoms with Gasteiger partial charge in [0.15, 0.2) is 0 Å². The lowest BCUT2D eigenvalue weighted by Gasteiger charge is -1.87. The number of aromatic nitrogens is 2. The molecule has 1 rings (SSSR count). The highest BCUT2D eigenvalue weighted by Gasteiger charge is 1.99. The number of rotatable bonds is 1. The first-order chi connectivity index (χ1) is 4.34. The van der Waals surface area contributed by atoms with Crippen molar-refractivity contribution >= 4 is 12.7 Å². The van der Waals surface area contributed by atoms with E-state index in [2.05, 4.69) is 16.7 Å². The number of nitrogens with zero attached hydrogens (tertiary/aromatic N) is 3. The van der Waals surface area contributed by atoms with Gasteiger partial charge in [-0.3, -0.25) is 0 Å². The molecule has 9 heavy (non-hydrogen) atoms. The van der Waals surface area contributed by atoms with Crippen molar-refractivity contribution in [2.75, 3.05) is 0 Å². The Morgan fingerprint density at radius 3 is 3.00 bits per heavy atom. The van der Waals surface area contributed by atoms with Crippen LogP contribution < -0.4 is 4.57 Å². The summed E-state index contributed by atoms with van der Waals surface area (Å²) in [7, 11) is 1.87. The maximum absolute atomic E-state index is 3.93. The van der Waals surface area contributed by atoms with Crippen molar-refractivity contribution in [2.24, 2.45) is 12.0 Å². The topological polar surface area (TPSA) is 29.1 Å². The fraction of sp³-hybridized carbons (Fsp3) is 0.167. The van der Waals surface area contributed by atoms with Crippen LogP contribution in [0.3, 0.4) is 0 Å². The van der Waals surface area contributed by atoms with E-state index >= 15 is 0 Å². The standard InChI is InChI=1S/C6H8N3/c1-7-6-8-4-3-5-9(6)2/h3-5H,1H2,2H3/q+1. The first-order valence-corrected chi connectivity index (χ1v) is 2.62. The van der Waals surface area contributed by atoms with E-state index in [4.69, 9.17) is 0 Å². The molecule has 0 atom stereocenters. The summed E-state index contributed by atoms with van der Waals surface area (Å²) in [6.45, 7) is 3.36. The Hall–Kier alpha value is -1.25. The van der Waals surface area contributed by atoms with Gasteiger partial charge >= 0.3 is 5.95 Å². The monoisotopic (exact) mass is 122 g/mol. The zero-order valence-corrected chi connectivity index (χ0v) is 5.28. The van der Waals surface area contributed by atoms with Gasteiger partial charge in [0.25, 0.3) is 0 Å². The molecule has 1 aromatic heterocycles. The van der Waals surface area contributed by atoms with Gasteiger partial charge in [-0.25, -0.2) is 4.57 Å². The highest BCUT2D eigenvalue weighted by molar-refractivity contribution is 5.31. The predicted molar refractivity (Wildman–Crippen MR) is 34.6 cm³/mol. The van der Waals surface area contributed by atoms with Gasteiger partial charge in [0, 0.05) is 6.07 Å². The fourth-order valence-electron chi connectivity index (χ4n) is 0.587. The molecule has 0 amide bonds. The third kappa shape index (κ3) is 1.10. The van der Waals surface area contributed by atoms with Crippen LogP contribution in [-0.4, -0.2) is 11.7 Å². The zero-order chi connectivity index (χ0) is 6.69. The molecular weight excluding hydrogens is 114 g/mol. The molecule has 0 aliphatic carbocycles. The van der Waals surface area contributed by atoms with Crippen LogP contribution in [0.25, 0.3) is 0 Å². The second-order valence-electron chi connectivity index (χ2n) is 1.69. The molecule has 0 N–H and O–H groups in total. The first kappa shape index (κ1) is 5.88. The highest BCUT2D eigenvalue weighted by atomic mass is 15.1. The third-order valence-corrected chi connectivity index (χ3v) is 1.04. The summed E-state index contributed by atoms with van der Waals surface area (Å²) >= 11 is 0. The maximum atomic E-state index is 3.93. The van der Waals surface area contributed by atoms with Crippen LogP contribution in [0.4, 0.5) is 5.95 Å². The molecule has 0 saturated heterocycles. The molecular formula is C6H8N3+. The summed E-state index contributed by atoms with van der Waals surface area (Å²) in [5, 5.41) is 0. The normalized spacial score (nSPS) is 9.00. The summed E-state index contributed by atoms with van der Waals surface area (Å²) in [5.41, 5.74) is 0. The minimum absolute atomic E-state index is 0.637. The van der Waals surface area contributed by atoms with Crippen LogP contribution >= 0.6 is 0 Å². The van der Waals surface area contributed by atoms with Crippen LogP contribution in [-0.2, 0) is 7.05 Å². The fourth-order valence-corrected chi connectivity index (χ4v) is 0.587. The van der Waals surface area contributed by atoms with E-state index in [1.807, 2.05) is 19.3 Å². The van der Waals surface area contributed by atoms with Crippen LogP contribution in [0.5, 0.6) is 0 Å². The van der Waals surface area contributed by atoms with Gasteiger partial charge < -0.3 is 0 Å². The molecule has 0 radical (unpaired) electrons. The van der Waals surface area contributed by atoms with Gasteiger partial charge in [-0.05, 0) is 0 Å². The lowest BCUT2D eigenvalue weighted by molar-refractivity contribution is -0.660. The molecule has 1 aromatic rings. The molecule has 3 nitrogen and oxygen atoms in total. The molecule has 3 heteroatoms. The maximum Gasteiger partial charge on any atom is 0.431 e. The smallest absolute Gasteiger partial charge is 0.235 e. The predicted octanol–water partition coefficient (Wildman–Crippen LogP) is 0.238. The molecule has 0 aliphatic rings. The van der Waals surface area contributed by atoms with Crippen molar-refractivity contribution in [1.29, 1.82) is 0 Å². The van der Waals surface area contributed by atoms with Gasteiger partial charge in [-0.15, -0.1) is 0 Å². The molecule has 46 valence electrons. The summed E-state index contributed by atoms with van der Waals surface area (Å²) in [4.78, 5) is 7.60. The highest BCUT2D eigenvalue weighted by Crippen LogP contribution is 1.92. The molecule has 1 heterocycles. The Labute approximate surface area is 53.7 Å². The number of hydrogen-bond donors (Lipinski definition) is 0. The second-order valence-corrected chi connectivity index (χ2v) is 1.69. The summed E-state index contributed by atoms with van der Waals surface area (Å²) in [5.74, 6) is 0.637. The Bertz CT molecular complexity index is 219. The van der Waals surface area contributed by atoms with Gasteiger partial charge in [0.2, 0.25) is 0 Å². The number of hydrogen-bond acceptors (Lipinski definition) is 2. The van der Waals surface area contributed by atoms with Crippen molar-refractivity contribution in [3.8, 4) is 0 Å². The summed E-state index contributed by atoms with van der Waals surface area (Å²) < 4.78 is 1.80. The lowest BCUT2D eigenvalue weighted by Crippen LogP contribution is -2.27. The summed E-state index contributed by atoms with van der Waals surface area (Å²) in [6, 6.07) is 1.84. The van der Waals surface area contributed by atoms with Crippen LogP contribution in [0.2, 0.25) is 0 Å². The van der Waals surface area contributed by atoms with Crippen molar-refractivity contribution in [1.82, 2.24) is 4.98 Å². The van der Waals surface area contributed by atoms with E-state index in [0.717, 1.165) is 0 Å². The van der Waals surface area contributed by atoms with Gasteiger partial charge in [-0.2, -0.15) is 0 Å². The van der Waals surface area contributed by atoms with Crippen LogP contribution in [0, 0.1) is 0 Å². The van der Waals surface area contributed by atoms with Gasteiger partial charge in [-0.1, -0.05) is 9.98 Å². The van der Waals surface area contributed by atoms with Gasteiger partial charge in [0.05, 0.1) is 20.0 Å². The quantitative estimate of drug-likeness (QED) is 0.387. The van der Waals surface area contributed by atoms with E-state index in [9.17, 15) is 0 Å². The van der Waals surface area contributed by atoms with E-state index in [1.165, 1.54) is 0 Å². The SMILES string of the molecule is C=Nc1nccc[n+]1C. The van der Waals surface area contributed by atoms with Crippen LogP contribution in [0.1, 0.15) is 0 Å². The van der Waals surface area contributed by atoms with E-state index < -0.39 is 0 Å².